The average molecular weight is 273 g/mol. The van der Waals surface area contributed by atoms with Gasteiger partial charge in [-0.25, -0.2) is 9.37 Å². The van der Waals surface area contributed by atoms with E-state index in [0.29, 0.717) is 6.54 Å². The Bertz CT molecular complexity index is 612. The summed E-state index contributed by atoms with van der Waals surface area (Å²) in [7, 11) is 0. The molecule has 0 fully saturated rings. The molecular formula is C15H16FN3O. The molecule has 0 unspecified atom stereocenters. The van der Waals surface area contributed by atoms with E-state index in [0.717, 1.165) is 24.4 Å². The van der Waals surface area contributed by atoms with Crippen LogP contribution < -0.4 is 5.32 Å². The number of amides is 1. The number of halogens is 1. The van der Waals surface area contributed by atoms with Crippen LogP contribution in [0.4, 0.5) is 4.39 Å². The molecule has 3 rings (SSSR count). The molecule has 1 heterocycles. The first-order valence-corrected chi connectivity index (χ1v) is 6.83. The summed E-state index contributed by atoms with van der Waals surface area (Å²) in [5.41, 5.74) is 2.33. The van der Waals surface area contributed by atoms with Gasteiger partial charge in [-0.15, -0.1) is 0 Å². The second-order valence-corrected chi connectivity index (χ2v) is 4.98. The number of benzene rings is 1. The summed E-state index contributed by atoms with van der Waals surface area (Å²) in [6, 6.07) is 5.95. The number of carbonyl (C=O) groups excluding carboxylic acids is 1. The van der Waals surface area contributed by atoms with Gasteiger partial charge in [0.15, 0.2) is 0 Å². The maximum atomic E-state index is 13.5. The van der Waals surface area contributed by atoms with Crippen molar-refractivity contribution >= 4 is 5.91 Å². The van der Waals surface area contributed by atoms with Gasteiger partial charge < -0.3 is 10.3 Å². The number of nitrogens with one attached hydrogen (secondary N) is 2. The lowest BCUT2D eigenvalue weighted by molar-refractivity contribution is 0.0946. The summed E-state index contributed by atoms with van der Waals surface area (Å²) in [4.78, 5) is 19.6. The summed E-state index contributed by atoms with van der Waals surface area (Å²) >= 11 is 0. The van der Waals surface area contributed by atoms with Gasteiger partial charge in [0, 0.05) is 5.69 Å². The van der Waals surface area contributed by atoms with Crippen LogP contribution in [0.25, 0.3) is 0 Å². The van der Waals surface area contributed by atoms with Crippen molar-refractivity contribution in [2.24, 2.45) is 0 Å². The molecule has 0 aliphatic heterocycles. The fraction of sp³-hybridized carbons (Fsp3) is 0.333. The molecule has 1 aromatic carbocycles. The van der Waals surface area contributed by atoms with E-state index in [4.69, 9.17) is 0 Å². The third-order valence-electron chi connectivity index (χ3n) is 3.54. The van der Waals surface area contributed by atoms with E-state index in [9.17, 15) is 9.18 Å². The number of imidazole rings is 1. The second-order valence-electron chi connectivity index (χ2n) is 4.98. The van der Waals surface area contributed by atoms with Gasteiger partial charge in [-0.05, 0) is 37.8 Å². The molecular weight excluding hydrogens is 257 g/mol. The molecule has 0 spiro atoms. The van der Waals surface area contributed by atoms with Gasteiger partial charge in [0.2, 0.25) is 0 Å². The monoisotopic (exact) mass is 273 g/mol. The van der Waals surface area contributed by atoms with E-state index in [1.165, 1.54) is 30.7 Å². The number of hydrogen-bond donors (Lipinski definition) is 2. The lowest BCUT2D eigenvalue weighted by Gasteiger charge is -2.07. The van der Waals surface area contributed by atoms with Gasteiger partial charge >= 0.3 is 0 Å². The van der Waals surface area contributed by atoms with Crippen LogP contribution in [0.1, 0.15) is 40.4 Å². The highest BCUT2D eigenvalue weighted by Crippen LogP contribution is 2.18. The Balaban J connectivity index is 1.66. The molecule has 4 nitrogen and oxygen atoms in total. The van der Waals surface area contributed by atoms with Crippen molar-refractivity contribution in [3.63, 3.8) is 0 Å². The standard InChI is InChI=1S/C15H16FN3O/c16-11-6-2-1-5-10(11)15(20)17-9-14-18-12-7-3-4-8-13(12)19-14/h1-2,5-6H,3-4,7-9H2,(H,17,20)(H,18,19). The van der Waals surface area contributed by atoms with Crippen molar-refractivity contribution in [3.05, 3.63) is 52.9 Å². The molecule has 1 amide bonds. The molecule has 0 saturated carbocycles. The van der Waals surface area contributed by atoms with Crippen LogP contribution in [0.5, 0.6) is 0 Å². The summed E-state index contributed by atoms with van der Waals surface area (Å²) in [5, 5.41) is 2.69. The number of carbonyl (C=O) groups is 1. The summed E-state index contributed by atoms with van der Waals surface area (Å²) in [5.74, 6) is -0.192. The molecule has 0 saturated heterocycles. The van der Waals surface area contributed by atoms with E-state index >= 15 is 0 Å². The molecule has 1 aromatic heterocycles. The maximum Gasteiger partial charge on any atom is 0.254 e. The highest BCUT2D eigenvalue weighted by atomic mass is 19.1. The number of nitrogens with zero attached hydrogens (tertiary/aromatic N) is 1. The van der Waals surface area contributed by atoms with Crippen LogP contribution in [0, 0.1) is 5.82 Å². The van der Waals surface area contributed by atoms with Crippen LogP contribution in [0.15, 0.2) is 24.3 Å². The minimum Gasteiger partial charge on any atom is -0.345 e. The van der Waals surface area contributed by atoms with Crippen molar-refractivity contribution < 1.29 is 9.18 Å². The minimum absolute atomic E-state index is 0.0591. The number of aryl methyl sites for hydroxylation is 2. The Hall–Kier alpha value is -2.17. The second kappa shape index (κ2) is 5.45. The number of H-pyrrole nitrogens is 1. The maximum absolute atomic E-state index is 13.5. The highest BCUT2D eigenvalue weighted by molar-refractivity contribution is 5.94. The van der Waals surface area contributed by atoms with Gasteiger partial charge in [-0.2, -0.15) is 0 Å². The van der Waals surface area contributed by atoms with Crippen molar-refractivity contribution in [3.8, 4) is 0 Å². The molecule has 104 valence electrons. The van der Waals surface area contributed by atoms with Gasteiger partial charge in [-0.1, -0.05) is 12.1 Å². The first-order valence-electron chi connectivity index (χ1n) is 6.83. The first kappa shape index (κ1) is 12.8. The smallest absolute Gasteiger partial charge is 0.254 e. The predicted octanol–water partition coefficient (Wildman–Crippen LogP) is 2.36. The topological polar surface area (TPSA) is 57.8 Å². The van der Waals surface area contributed by atoms with E-state index < -0.39 is 11.7 Å². The molecule has 2 aromatic rings. The highest BCUT2D eigenvalue weighted by Gasteiger charge is 2.15. The number of rotatable bonds is 3. The van der Waals surface area contributed by atoms with Crippen molar-refractivity contribution in [1.29, 1.82) is 0 Å². The Morgan fingerprint density at radius 3 is 2.90 bits per heavy atom. The van der Waals surface area contributed by atoms with Crippen molar-refractivity contribution in [1.82, 2.24) is 15.3 Å². The van der Waals surface area contributed by atoms with Gasteiger partial charge in [-0.3, -0.25) is 4.79 Å². The van der Waals surface area contributed by atoms with Gasteiger partial charge in [0.1, 0.15) is 11.6 Å². The third-order valence-corrected chi connectivity index (χ3v) is 3.54. The summed E-state index contributed by atoms with van der Waals surface area (Å²) in [6.45, 7) is 0.292. The van der Waals surface area contributed by atoms with Crippen molar-refractivity contribution in [2.45, 2.75) is 32.2 Å². The minimum atomic E-state index is -0.510. The van der Waals surface area contributed by atoms with Crippen LogP contribution in [-0.4, -0.2) is 15.9 Å². The van der Waals surface area contributed by atoms with E-state index in [-0.39, 0.29) is 5.56 Å². The zero-order chi connectivity index (χ0) is 13.9. The van der Waals surface area contributed by atoms with Crippen LogP contribution >= 0.6 is 0 Å². The van der Waals surface area contributed by atoms with Gasteiger partial charge in [0.05, 0.1) is 17.8 Å². The normalized spacial score (nSPS) is 13.8. The number of aromatic amines is 1. The molecule has 1 aliphatic carbocycles. The van der Waals surface area contributed by atoms with Crippen LogP contribution in [0.3, 0.4) is 0 Å². The zero-order valence-electron chi connectivity index (χ0n) is 11.1. The first-order chi connectivity index (χ1) is 9.74. The zero-order valence-corrected chi connectivity index (χ0v) is 11.1. The van der Waals surface area contributed by atoms with E-state index in [2.05, 4.69) is 15.3 Å². The Kier molecular flexibility index (Phi) is 3.50. The molecule has 20 heavy (non-hydrogen) atoms. The lowest BCUT2D eigenvalue weighted by Crippen LogP contribution is -2.24. The number of fused-ring (bicyclic) bond motifs is 1. The molecule has 2 N–H and O–H groups in total. The lowest BCUT2D eigenvalue weighted by atomic mass is 10.0. The van der Waals surface area contributed by atoms with Crippen LogP contribution in [-0.2, 0) is 19.4 Å². The fourth-order valence-corrected chi connectivity index (χ4v) is 2.50. The Morgan fingerprint density at radius 2 is 2.10 bits per heavy atom. The van der Waals surface area contributed by atoms with E-state index in [1.54, 1.807) is 12.1 Å². The number of hydrogen-bond acceptors (Lipinski definition) is 2. The van der Waals surface area contributed by atoms with Crippen LogP contribution in [0.2, 0.25) is 0 Å². The molecule has 0 radical (unpaired) electrons. The summed E-state index contributed by atoms with van der Waals surface area (Å²) in [6.07, 6.45) is 4.35. The molecule has 0 atom stereocenters. The summed E-state index contributed by atoms with van der Waals surface area (Å²) < 4.78 is 13.5. The number of aromatic nitrogens is 2. The molecule has 5 heteroatoms. The van der Waals surface area contributed by atoms with Gasteiger partial charge in [0.25, 0.3) is 5.91 Å². The predicted molar refractivity (Wildman–Crippen MR) is 72.8 cm³/mol. The Labute approximate surface area is 116 Å². The molecule has 0 bridgehead atoms. The third kappa shape index (κ3) is 2.57. The SMILES string of the molecule is O=C(NCc1nc2c([nH]1)CCCC2)c1ccccc1F. The van der Waals surface area contributed by atoms with E-state index in [1.807, 2.05) is 0 Å². The Morgan fingerprint density at radius 1 is 1.30 bits per heavy atom. The van der Waals surface area contributed by atoms with Crippen molar-refractivity contribution in [2.75, 3.05) is 0 Å². The quantitative estimate of drug-likeness (QED) is 0.902. The largest absolute Gasteiger partial charge is 0.345 e. The molecule has 1 aliphatic rings. The fourth-order valence-electron chi connectivity index (χ4n) is 2.50. The average Bonchev–Trinajstić information content (AvgIpc) is 2.88.